The number of carboxylic acids is 1. The molecular formula is C17H20N4O3. The molecule has 7 nitrogen and oxygen atoms in total. The van der Waals surface area contributed by atoms with Crippen molar-refractivity contribution in [2.24, 2.45) is 13.0 Å². The van der Waals surface area contributed by atoms with Gasteiger partial charge in [0.05, 0.1) is 18.2 Å². The maximum Gasteiger partial charge on any atom is 0.309 e. The molecule has 126 valence electrons. The number of rotatable bonds is 5. The Morgan fingerprint density at radius 3 is 2.79 bits per heavy atom. The lowest BCUT2D eigenvalue weighted by Gasteiger charge is -2.27. The van der Waals surface area contributed by atoms with Crippen molar-refractivity contribution in [2.75, 3.05) is 6.54 Å². The van der Waals surface area contributed by atoms with Gasteiger partial charge in [-0.2, -0.15) is 5.10 Å². The van der Waals surface area contributed by atoms with Crippen molar-refractivity contribution in [1.82, 2.24) is 19.7 Å². The monoisotopic (exact) mass is 328 g/mol. The number of pyridine rings is 1. The molecule has 1 aliphatic rings. The van der Waals surface area contributed by atoms with Crippen molar-refractivity contribution >= 4 is 11.9 Å². The van der Waals surface area contributed by atoms with E-state index in [4.69, 9.17) is 0 Å². The molecule has 0 aromatic carbocycles. The zero-order valence-electron chi connectivity index (χ0n) is 13.7. The zero-order valence-corrected chi connectivity index (χ0v) is 13.7. The molecule has 0 unspecified atom stereocenters. The maximum absolute atomic E-state index is 12.4. The van der Waals surface area contributed by atoms with Crippen molar-refractivity contribution in [1.29, 1.82) is 0 Å². The summed E-state index contributed by atoms with van der Waals surface area (Å²) in [4.78, 5) is 30.0. The van der Waals surface area contributed by atoms with Crippen LogP contribution in [-0.2, 0) is 23.1 Å². The van der Waals surface area contributed by atoms with Gasteiger partial charge in [-0.15, -0.1) is 0 Å². The van der Waals surface area contributed by atoms with Gasteiger partial charge in [-0.05, 0) is 19.1 Å². The molecule has 2 atom stereocenters. The van der Waals surface area contributed by atoms with Crippen LogP contribution in [0.2, 0.25) is 0 Å². The van der Waals surface area contributed by atoms with E-state index in [2.05, 4.69) is 10.1 Å². The number of hydrogen-bond donors (Lipinski definition) is 1. The summed E-state index contributed by atoms with van der Waals surface area (Å²) in [6.07, 6.45) is 4.00. The lowest BCUT2D eigenvalue weighted by molar-refractivity contribution is -0.142. The molecule has 0 spiro atoms. The number of carbonyl (C=O) groups excluding carboxylic acids is 1. The third-order valence-corrected chi connectivity index (χ3v) is 4.68. The Hall–Kier alpha value is -2.70. The van der Waals surface area contributed by atoms with E-state index < -0.39 is 17.9 Å². The van der Waals surface area contributed by atoms with Crippen LogP contribution in [0.1, 0.15) is 29.4 Å². The van der Waals surface area contributed by atoms with Gasteiger partial charge in [-0.25, -0.2) is 0 Å². The molecule has 1 saturated heterocycles. The van der Waals surface area contributed by atoms with E-state index in [0.29, 0.717) is 13.0 Å². The fourth-order valence-electron chi connectivity index (χ4n) is 3.25. The number of amides is 1. The number of carbonyl (C=O) groups is 2. The molecule has 24 heavy (non-hydrogen) atoms. The number of carboxylic acid groups (broad SMARTS) is 1. The first kappa shape index (κ1) is 16.2. The van der Waals surface area contributed by atoms with Crippen molar-refractivity contribution < 1.29 is 14.7 Å². The highest BCUT2D eigenvalue weighted by Gasteiger charge is 2.45. The number of hydrogen-bond acceptors (Lipinski definition) is 4. The fourth-order valence-corrected chi connectivity index (χ4v) is 3.25. The number of likely N-dealkylation sites (tertiary alicyclic amines) is 1. The molecular weight excluding hydrogens is 308 g/mol. The van der Waals surface area contributed by atoms with E-state index in [1.54, 1.807) is 22.0 Å². The molecule has 1 amide bonds. The first-order chi connectivity index (χ1) is 11.5. The zero-order chi connectivity index (χ0) is 17.3. The smallest absolute Gasteiger partial charge is 0.309 e. The van der Waals surface area contributed by atoms with Crippen LogP contribution in [0.25, 0.3) is 0 Å². The van der Waals surface area contributed by atoms with Crippen LogP contribution in [0, 0.1) is 12.8 Å². The van der Waals surface area contributed by atoms with Crippen molar-refractivity contribution in [2.45, 2.75) is 25.8 Å². The molecule has 0 radical (unpaired) electrons. The molecule has 0 saturated carbocycles. The first-order valence-electron chi connectivity index (χ1n) is 7.89. The molecule has 2 aromatic rings. The fraction of sp³-hybridized carbons (Fsp3) is 0.412. The molecule has 1 fully saturated rings. The number of aryl methyl sites for hydroxylation is 1. The number of nitrogens with zero attached hydrogens (tertiary/aromatic N) is 4. The van der Waals surface area contributed by atoms with Crippen LogP contribution in [0.5, 0.6) is 0 Å². The van der Waals surface area contributed by atoms with E-state index in [-0.39, 0.29) is 12.3 Å². The van der Waals surface area contributed by atoms with Crippen LogP contribution < -0.4 is 0 Å². The lowest BCUT2D eigenvalue weighted by Crippen LogP contribution is -2.32. The minimum atomic E-state index is -0.947. The van der Waals surface area contributed by atoms with E-state index in [0.717, 1.165) is 17.0 Å². The van der Waals surface area contributed by atoms with E-state index >= 15 is 0 Å². The molecule has 2 aromatic heterocycles. The average molecular weight is 328 g/mol. The quantitative estimate of drug-likeness (QED) is 0.895. The van der Waals surface area contributed by atoms with Crippen LogP contribution in [0.4, 0.5) is 0 Å². The second-order valence-electron chi connectivity index (χ2n) is 6.06. The van der Waals surface area contributed by atoms with Gasteiger partial charge in [0.2, 0.25) is 5.91 Å². The Kier molecular flexibility index (Phi) is 4.33. The number of aromatic nitrogens is 3. The predicted octanol–water partition coefficient (Wildman–Crippen LogP) is 1.34. The minimum Gasteiger partial charge on any atom is -0.481 e. The van der Waals surface area contributed by atoms with Gasteiger partial charge in [0.15, 0.2) is 0 Å². The SMILES string of the molecule is Cc1c([C@@H]2[C@@H](C(=O)O)CC(=O)N2CCc2ccccn2)cnn1C. The van der Waals surface area contributed by atoms with Crippen LogP contribution in [0.15, 0.2) is 30.6 Å². The Bertz CT molecular complexity index is 756. The standard InChI is InChI=1S/C17H20N4O3/c1-11-14(10-19-20(11)2)16-13(17(23)24)9-15(22)21(16)8-6-12-5-3-4-7-18-12/h3-5,7,10,13,16H,6,8-9H2,1-2H3,(H,23,24)/t13-,16-/m0/s1. The highest BCUT2D eigenvalue weighted by molar-refractivity contribution is 5.87. The molecule has 7 heteroatoms. The Morgan fingerprint density at radius 2 is 2.21 bits per heavy atom. The van der Waals surface area contributed by atoms with Crippen molar-refractivity contribution in [3.05, 3.63) is 47.5 Å². The molecule has 0 bridgehead atoms. The van der Waals surface area contributed by atoms with Gasteiger partial charge >= 0.3 is 5.97 Å². The van der Waals surface area contributed by atoms with Crippen molar-refractivity contribution in [3.63, 3.8) is 0 Å². The highest BCUT2D eigenvalue weighted by atomic mass is 16.4. The average Bonchev–Trinajstić information content (AvgIpc) is 3.07. The second-order valence-corrected chi connectivity index (χ2v) is 6.06. The summed E-state index contributed by atoms with van der Waals surface area (Å²) in [7, 11) is 1.81. The van der Waals surface area contributed by atoms with E-state index in [9.17, 15) is 14.7 Å². The molecule has 0 aliphatic carbocycles. The normalized spacial score (nSPS) is 20.6. The summed E-state index contributed by atoms with van der Waals surface area (Å²) < 4.78 is 1.70. The van der Waals surface area contributed by atoms with Gasteiger partial charge in [0, 0.05) is 49.6 Å². The summed E-state index contributed by atoms with van der Waals surface area (Å²) in [5.41, 5.74) is 2.56. The Balaban J connectivity index is 1.88. The summed E-state index contributed by atoms with van der Waals surface area (Å²) in [5, 5.41) is 13.8. The third-order valence-electron chi connectivity index (χ3n) is 4.68. The van der Waals surface area contributed by atoms with Crippen molar-refractivity contribution in [3.8, 4) is 0 Å². The largest absolute Gasteiger partial charge is 0.481 e. The van der Waals surface area contributed by atoms with Gasteiger partial charge < -0.3 is 10.0 Å². The number of aliphatic carboxylic acids is 1. The predicted molar refractivity (Wildman–Crippen MR) is 86.1 cm³/mol. The van der Waals surface area contributed by atoms with Crippen LogP contribution in [0.3, 0.4) is 0 Å². The lowest BCUT2D eigenvalue weighted by atomic mass is 9.94. The van der Waals surface area contributed by atoms with Crippen LogP contribution in [-0.4, -0.2) is 43.2 Å². The Labute approximate surface area is 139 Å². The van der Waals surface area contributed by atoms with E-state index in [1.807, 2.05) is 32.2 Å². The summed E-state index contributed by atoms with van der Waals surface area (Å²) in [6.45, 7) is 2.33. The molecule has 3 heterocycles. The second kappa shape index (κ2) is 6.43. The minimum absolute atomic E-state index is 0.0244. The van der Waals surface area contributed by atoms with Gasteiger partial charge in [-0.1, -0.05) is 6.07 Å². The topological polar surface area (TPSA) is 88.3 Å². The Morgan fingerprint density at radius 1 is 1.42 bits per heavy atom. The van der Waals surface area contributed by atoms with Gasteiger partial charge in [0.1, 0.15) is 0 Å². The molecule has 3 rings (SSSR count). The molecule has 1 aliphatic heterocycles. The van der Waals surface area contributed by atoms with Crippen LogP contribution >= 0.6 is 0 Å². The first-order valence-corrected chi connectivity index (χ1v) is 7.89. The third kappa shape index (κ3) is 2.89. The summed E-state index contributed by atoms with van der Waals surface area (Å²) in [6, 6.07) is 5.16. The van der Waals surface area contributed by atoms with Gasteiger partial charge in [-0.3, -0.25) is 19.3 Å². The summed E-state index contributed by atoms with van der Waals surface area (Å²) in [5.74, 6) is -1.83. The van der Waals surface area contributed by atoms with E-state index in [1.165, 1.54) is 0 Å². The van der Waals surface area contributed by atoms with Gasteiger partial charge in [0.25, 0.3) is 0 Å². The highest BCUT2D eigenvalue weighted by Crippen LogP contribution is 2.39. The summed E-state index contributed by atoms with van der Waals surface area (Å²) >= 11 is 0. The molecule has 1 N–H and O–H groups in total. The maximum atomic E-state index is 12.4.